The van der Waals surface area contributed by atoms with Crippen LogP contribution in [-0.4, -0.2) is 31.3 Å². The van der Waals surface area contributed by atoms with Crippen molar-refractivity contribution < 1.29 is 13.2 Å². The molecule has 1 aromatic heterocycles. The number of fused-ring (bicyclic) bond motifs is 1. The smallest absolute Gasteiger partial charge is 0.264 e. The molecule has 0 fully saturated rings. The summed E-state index contributed by atoms with van der Waals surface area (Å²) in [7, 11) is -2.25. The van der Waals surface area contributed by atoms with Gasteiger partial charge in [0.25, 0.3) is 10.0 Å². The summed E-state index contributed by atoms with van der Waals surface area (Å²) < 4.78 is 27.2. The quantitative estimate of drug-likeness (QED) is 0.460. The molecule has 0 bridgehead atoms. The van der Waals surface area contributed by atoms with Crippen LogP contribution in [0.4, 0.5) is 11.4 Å². The molecule has 4 rings (SSSR count). The van der Waals surface area contributed by atoms with Gasteiger partial charge in [-0.15, -0.1) is 0 Å². The molecule has 0 saturated heterocycles. The Morgan fingerprint density at radius 2 is 1.74 bits per heavy atom. The first kappa shape index (κ1) is 20.6. The van der Waals surface area contributed by atoms with Crippen molar-refractivity contribution in [3.05, 3.63) is 84.7 Å². The molecule has 0 saturated carbocycles. The number of para-hydroxylation sites is 3. The van der Waals surface area contributed by atoms with Gasteiger partial charge in [-0.1, -0.05) is 36.4 Å². The highest BCUT2D eigenvalue weighted by molar-refractivity contribution is 7.92. The summed E-state index contributed by atoms with van der Waals surface area (Å²) in [6.07, 6.45) is 0.677. The van der Waals surface area contributed by atoms with Crippen molar-refractivity contribution in [2.24, 2.45) is 0 Å². The first-order valence-corrected chi connectivity index (χ1v) is 11.2. The molecule has 2 N–H and O–H groups in total. The molecular formula is C23H22N4O3S. The van der Waals surface area contributed by atoms with E-state index in [1.807, 2.05) is 30.3 Å². The minimum Gasteiger partial charge on any atom is -0.342 e. The zero-order chi connectivity index (χ0) is 21.8. The Bertz CT molecular complexity index is 1280. The van der Waals surface area contributed by atoms with E-state index in [0.29, 0.717) is 17.8 Å². The van der Waals surface area contributed by atoms with Crippen LogP contribution in [0.1, 0.15) is 12.2 Å². The molecule has 4 aromatic rings. The van der Waals surface area contributed by atoms with Gasteiger partial charge in [-0.2, -0.15) is 0 Å². The van der Waals surface area contributed by atoms with Gasteiger partial charge in [0.05, 0.1) is 21.6 Å². The van der Waals surface area contributed by atoms with Gasteiger partial charge in [0.1, 0.15) is 5.82 Å². The third-order valence-corrected chi connectivity index (χ3v) is 6.70. The lowest BCUT2D eigenvalue weighted by molar-refractivity contribution is -0.116. The number of benzene rings is 3. The number of amides is 1. The topological polar surface area (TPSA) is 95.2 Å². The number of rotatable bonds is 7. The maximum Gasteiger partial charge on any atom is 0.264 e. The van der Waals surface area contributed by atoms with Gasteiger partial charge in [-0.05, 0) is 42.5 Å². The van der Waals surface area contributed by atoms with Crippen LogP contribution in [0.15, 0.2) is 83.8 Å². The van der Waals surface area contributed by atoms with Crippen LogP contribution in [0.25, 0.3) is 11.0 Å². The molecule has 0 radical (unpaired) electrons. The summed E-state index contributed by atoms with van der Waals surface area (Å²) in [5.41, 5.74) is 2.77. The van der Waals surface area contributed by atoms with Crippen LogP contribution in [0.3, 0.4) is 0 Å². The summed E-state index contributed by atoms with van der Waals surface area (Å²) >= 11 is 0. The Morgan fingerprint density at radius 3 is 2.52 bits per heavy atom. The van der Waals surface area contributed by atoms with E-state index in [1.54, 1.807) is 36.4 Å². The Labute approximate surface area is 180 Å². The minimum absolute atomic E-state index is 0.105. The van der Waals surface area contributed by atoms with Crippen molar-refractivity contribution >= 4 is 38.3 Å². The maximum atomic E-state index is 13.0. The Balaban J connectivity index is 1.43. The van der Waals surface area contributed by atoms with Crippen LogP contribution in [0.2, 0.25) is 0 Å². The van der Waals surface area contributed by atoms with Gasteiger partial charge in [0.2, 0.25) is 5.91 Å². The molecule has 0 aliphatic rings. The van der Waals surface area contributed by atoms with Crippen molar-refractivity contribution in [2.45, 2.75) is 17.7 Å². The predicted molar refractivity (Wildman–Crippen MR) is 122 cm³/mol. The fraction of sp³-hybridized carbons (Fsp3) is 0.130. The number of nitrogens with zero attached hydrogens (tertiary/aromatic N) is 2. The monoisotopic (exact) mass is 434 g/mol. The van der Waals surface area contributed by atoms with Gasteiger partial charge >= 0.3 is 0 Å². The lowest BCUT2D eigenvalue weighted by Gasteiger charge is -2.19. The van der Waals surface area contributed by atoms with Gasteiger partial charge in [0, 0.05) is 25.6 Å². The Morgan fingerprint density at radius 1 is 1.00 bits per heavy atom. The third kappa shape index (κ3) is 4.59. The number of H-pyrrole nitrogens is 1. The van der Waals surface area contributed by atoms with Crippen LogP contribution in [0.5, 0.6) is 0 Å². The molecular weight excluding hydrogens is 412 g/mol. The number of anilines is 2. The van der Waals surface area contributed by atoms with Crippen molar-refractivity contribution in [3.63, 3.8) is 0 Å². The molecule has 7 nitrogen and oxygen atoms in total. The van der Waals surface area contributed by atoms with Gasteiger partial charge < -0.3 is 10.3 Å². The zero-order valence-electron chi connectivity index (χ0n) is 16.9. The number of nitrogens with one attached hydrogen (secondary N) is 2. The van der Waals surface area contributed by atoms with Crippen molar-refractivity contribution in [1.29, 1.82) is 0 Å². The molecule has 0 aliphatic heterocycles. The highest BCUT2D eigenvalue weighted by Crippen LogP contribution is 2.23. The van der Waals surface area contributed by atoms with E-state index in [2.05, 4.69) is 15.3 Å². The summed E-state index contributed by atoms with van der Waals surface area (Å²) in [5.74, 6) is 0.517. The third-order valence-electron chi connectivity index (χ3n) is 4.92. The SMILES string of the molecule is CN(c1ccccc1)S(=O)(=O)c1cccc(NC(=O)CCc2nc3ccccc3[nH]2)c1. The standard InChI is InChI=1S/C23H22N4O3S/c1-27(18-9-3-2-4-10-18)31(29,30)19-11-7-8-17(16-19)24-23(28)15-14-22-25-20-12-5-6-13-21(20)26-22/h2-13,16H,14-15H2,1H3,(H,24,28)(H,25,26). The minimum atomic E-state index is -3.75. The Hall–Kier alpha value is -3.65. The summed E-state index contributed by atoms with van der Waals surface area (Å²) in [6, 6.07) is 22.8. The number of aromatic nitrogens is 2. The van der Waals surface area contributed by atoms with Gasteiger partial charge in [0.15, 0.2) is 0 Å². The second-order valence-electron chi connectivity index (χ2n) is 7.08. The number of carbonyl (C=O) groups is 1. The van der Waals surface area contributed by atoms with E-state index in [4.69, 9.17) is 0 Å². The van der Waals surface area contributed by atoms with Crippen molar-refractivity contribution in [3.8, 4) is 0 Å². The molecule has 0 spiro atoms. The molecule has 0 atom stereocenters. The van der Waals surface area contributed by atoms with E-state index >= 15 is 0 Å². The number of aromatic amines is 1. The molecule has 31 heavy (non-hydrogen) atoms. The molecule has 1 amide bonds. The fourth-order valence-corrected chi connectivity index (χ4v) is 4.49. The molecule has 0 unspecified atom stereocenters. The fourth-order valence-electron chi connectivity index (χ4n) is 3.25. The van der Waals surface area contributed by atoms with Crippen molar-refractivity contribution in [1.82, 2.24) is 9.97 Å². The second-order valence-corrected chi connectivity index (χ2v) is 9.05. The molecule has 0 aliphatic carbocycles. The van der Waals surface area contributed by atoms with Crippen molar-refractivity contribution in [2.75, 3.05) is 16.7 Å². The number of carbonyl (C=O) groups excluding carboxylic acids is 1. The van der Waals surface area contributed by atoms with E-state index in [1.165, 1.54) is 23.5 Å². The average Bonchev–Trinajstić information content (AvgIpc) is 3.21. The predicted octanol–water partition coefficient (Wildman–Crippen LogP) is 3.96. The van der Waals surface area contributed by atoms with Crippen LogP contribution < -0.4 is 9.62 Å². The molecule has 1 heterocycles. The lowest BCUT2D eigenvalue weighted by atomic mass is 10.2. The zero-order valence-corrected chi connectivity index (χ0v) is 17.8. The lowest BCUT2D eigenvalue weighted by Crippen LogP contribution is -2.26. The Kier molecular flexibility index (Phi) is 5.73. The van der Waals surface area contributed by atoms with E-state index in [-0.39, 0.29) is 17.2 Å². The molecule has 8 heteroatoms. The largest absolute Gasteiger partial charge is 0.342 e. The second kappa shape index (κ2) is 8.61. The summed E-state index contributed by atoms with van der Waals surface area (Å²) in [4.78, 5) is 20.2. The number of hydrogen-bond donors (Lipinski definition) is 2. The number of sulfonamides is 1. The summed E-state index contributed by atoms with van der Waals surface area (Å²) in [5, 5.41) is 2.77. The van der Waals surface area contributed by atoms with E-state index in [0.717, 1.165) is 16.9 Å². The number of imidazole rings is 1. The number of hydrogen-bond acceptors (Lipinski definition) is 4. The summed E-state index contributed by atoms with van der Waals surface area (Å²) in [6.45, 7) is 0. The highest BCUT2D eigenvalue weighted by atomic mass is 32.2. The first-order valence-electron chi connectivity index (χ1n) is 9.81. The number of aryl methyl sites for hydroxylation is 1. The van der Waals surface area contributed by atoms with Gasteiger partial charge in [-0.3, -0.25) is 9.10 Å². The molecule has 158 valence electrons. The first-order chi connectivity index (χ1) is 14.9. The van der Waals surface area contributed by atoms with E-state index < -0.39 is 10.0 Å². The highest BCUT2D eigenvalue weighted by Gasteiger charge is 2.21. The normalized spacial score (nSPS) is 11.4. The average molecular weight is 435 g/mol. The molecule has 3 aromatic carbocycles. The maximum absolute atomic E-state index is 13.0. The van der Waals surface area contributed by atoms with Crippen LogP contribution in [-0.2, 0) is 21.2 Å². The van der Waals surface area contributed by atoms with Crippen LogP contribution in [0, 0.1) is 0 Å². The van der Waals surface area contributed by atoms with Crippen LogP contribution >= 0.6 is 0 Å². The van der Waals surface area contributed by atoms with E-state index in [9.17, 15) is 13.2 Å². The van der Waals surface area contributed by atoms with Gasteiger partial charge in [-0.25, -0.2) is 13.4 Å².